The van der Waals surface area contributed by atoms with E-state index in [1.54, 1.807) is 24.3 Å². The number of nitrogens with one attached hydrogen (secondary N) is 1. The fourth-order valence-corrected chi connectivity index (χ4v) is 1.51. The molecule has 1 aromatic carbocycles. The molecule has 2 unspecified atom stereocenters. The van der Waals surface area contributed by atoms with Gasteiger partial charge in [-0.1, -0.05) is 23.7 Å². The van der Waals surface area contributed by atoms with Crippen LogP contribution in [-0.2, 0) is 9.53 Å². The van der Waals surface area contributed by atoms with Crippen LogP contribution in [0.5, 0.6) is 0 Å². The lowest BCUT2D eigenvalue weighted by Crippen LogP contribution is -2.44. The van der Waals surface area contributed by atoms with Crippen molar-refractivity contribution >= 4 is 29.9 Å². The van der Waals surface area contributed by atoms with Crippen LogP contribution in [0.1, 0.15) is 11.7 Å². The van der Waals surface area contributed by atoms with Gasteiger partial charge in [-0.25, -0.2) is 0 Å². The Bertz CT molecular complexity index is 387. The third-order valence-electron chi connectivity index (χ3n) is 2.41. The molecule has 0 fully saturated rings. The standard InChI is InChI=1S/C12H17ClN2O3.ClH/c1-18-7-10(14)12(17)15-6-11(16)8-2-4-9(13)5-3-8;/h2-5,10-11,16H,6-7,14H2,1H3,(H,15,17);1H. The van der Waals surface area contributed by atoms with Gasteiger partial charge in [0.05, 0.1) is 12.7 Å². The molecule has 19 heavy (non-hydrogen) atoms. The summed E-state index contributed by atoms with van der Waals surface area (Å²) in [5, 5.41) is 13.0. The van der Waals surface area contributed by atoms with Gasteiger partial charge in [0.25, 0.3) is 0 Å². The maximum absolute atomic E-state index is 11.5. The summed E-state index contributed by atoms with van der Waals surface area (Å²) in [7, 11) is 1.47. The highest BCUT2D eigenvalue weighted by atomic mass is 35.5. The van der Waals surface area contributed by atoms with Gasteiger partial charge in [0.15, 0.2) is 0 Å². The van der Waals surface area contributed by atoms with Gasteiger partial charge in [-0.2, -0.15) is 0 Å². The Morgan fingerprint density at radius 2 is 2.05 bits per heavy atom. The third kappa shape index (κ3) is 6.22. The average Bonchev–Trinajstić information content (AvgIpc) is 2.36. The molecule has 0 spiro atoms. The fourth-order valence-electron chi connectivity index (χ4n) is 1.39. The summed E-state index contributed by atoms with van der Waals surface area (Å²) in [6.07, 6.45) is -0.791. The van der Waals surface area contributed by atoms with Crippen molar-refractivity contribution < 1.29 is 14.6 Å². The number of rotatable bonds is 6. The van der Waals surface area contributed by atoms with E-state index in [0.29, 0.717) is 10.6 Å². The highest BCUT2D eigenvalue weighted by Gasteiger charge is 2.15. The number of amides is 1. The first-order valence-electron chi connectivity index (χ1n) is 5.50. The first-order valence-corrected chi connectivity index (χ1v) is 5.88. The lowest BCUT2D eigenvalue weighted by Gasteiger charge is -2.15. The van der Waals surface area contributed by atoms with Crippen LogP contribution in [0.25, 0.3) is 0 Å². The molecule has 0 saturated heterocycles. The van der Waals surface area contributed by atoms with E-state index in [2.05, 4.69) is 5.32 Å². The first-order chi connectivity index (χ1) is 8.54. The quantitative estimate of drug-likeness (QED) is 0.728. The summed E-state index contributed by atoms with van der Waals surface area (Å²) in [5.74, 6) is -0.357. The fraction of sp³-hybridized carbons (Fsp3) is 0.417. The highest BCUT2D eigenvalue weighted by molar-refractivity contribution is 6.30. The van der Waals surface area contributed by atoms with Crippen LogP contribution in [-0.4, -0.2) is 37.3 Å². The Balaban J connectivity index is 0.00000324. The molecule has 2 atom stereocenters. The monoisotopic (exact) mass is 308 g/mol. The SMILES string of the molecule is COCC(N)C(=O)NCC(O)c1ccc(Cl)cc1.Cl. The second-order valence-electron chi connectivity index (χ2n) is 3.87. The molecule has 0 aliphatic carbocycles. The summed E-state index contributed by atoms with van der Waals surface area (Å²) >= 11 is 5.74. The molecule has 0 saturated carbocycles. The van der Waals surface area contributed by atoms with Crippen molar-refractivity contribution in [1.82, 2.24) is 5.32 Å². The van der Waals surface area contributed by atoms with Crippen molar-refractivity contribution in [3.05, 3.63) is 34.9 Å². The van der Waals surface area contributed by atoms with Crippen LogP contribution >= 0.6 is 24.0 Å². The number of ether oxygens (including phenoxy) is 1. The molecule has 108 valence electrons. The second-order valence-corrected chi connectivity index (χ2v) is 4.31. The van der Waals surface area contributed by atoms with Crippen molar-refractivity contribution in [3.63, 3.8) is 0 Å². The summed E-state index contributed by atoms with van der Waals surface area (Å²) in [6, 6.07) is 6.03. The second kappa shape index (κ2) is 9.12. The maximum atomic E-state index is 11.5. The molecule has 1 amide bonds. The topological polar surface area (TPSA) is 84.6 Å². The summed E-state index contributed by atoms with van der Waals surface area (Å²) < 4.78 is 4.77. The maximum Gasteiger partial charge on any atom is 0.239 e. The van der Waals surface area contributed by atoms with Crippen LogP contribution in [0.3, 0.4) is 0 Å². The predicted octanol–water partition coefficient (Wildman–Crippen LogP) is 0.885. The van der Waals surface area contributed by atoms with Gasteiger partial charge >= 0.3 is 0 Å². The number of carbonyl (C=O) groups excluding carboxylic acids is 1. The van der Waals surface area contributed by atoms with Gasteiger partial charge in [-0.05, 0) is 17.7 Å². The predicted molar refractivity (Wildman–Crippen MR) is 76.5 cm³/mol. The minimum atomic E-state index is -0.791. The van der Waals surface area contributed by atoms with E-state index < -0.39 is 12.1 Å². The molecular weight excluding hydrogens is 291 g/mol. The normalized spacial score (nSPS) is 13.3. The number of carbonyl (C=O) groups is 1. The van der Waals surface area contributed by atoms with Crippen LogP contribution in [0.15, 0.2) is 24.3 Å². The summed E-state index contributed by atoms with van der Waals surface area (Å²) in [6.45, 7) is 0.237. The first kappa shape index (κ1) is 18.1. The lowest BCUT2D eigenvalue weighted by molar-refractivity contribution is -0.123. The zero-order chi connectivity index (χ0) is 13.5. The number of benzene rings is 1. The van der Waals surface area contributed by atoms with Gasteiger partial charge in [0.1, 0.15) is 6.04 Å². The number of aliphatic hydroxyl groups is 1. The van der Waals surface area contributed by atoms with Gasteiger partial charge in [0, 0.05) is 18.7 Å². The Hall–Kier alpha value is -0.850. The molecule has 1 rings (SSSR count). The van der Waals surface area contributed by atoms with Crippen LogP contribution in [0, 0.1) is 0 Å². The van der Waals surface area contributed by atoms with Gasteiger partial charge in [-0.15, -0.1) is 12.4 Å². The van der Waals surface area contributed by atoms with E-state index in [1.165, 1.54) is 7.11 Å². The number of methoxy groups -OCH3 is 1. The average molecular weight is 309 g/mol. The van der Waals surface area contributed by atoms with Gasteiger partial charge < -0.3 is 20.9 Å². The zero-order valence-corrected chi connectivity index (χ0v) is 12.1. The molecule has 0 aliphatic rings. The Morgan fingerprint density at radius 1 is 1.47 bits per heavy atom. The number of hydrogen-bond acceptors (Lipinski definition) is 4. The van der Waals surface area contributed by atoms with E-state index in [0.717, 1.165) is 0 Å². The molecule has 0 aromatic heterocycles. The zero-order valence-electron chi connectivity index (χ0n) is 10.5. The van der Waals surface area contributed by atoms with Crippen molar-refractivity contribution in [2.24, 2.45) is 5.73 Å². The van der Waals surface area contributed by atoms with Crippen LogP contribution < -0.4 is 11.1 Å². The number of hydrogen-bond donors (Lipinski definition) is 3. The van der Waals surface area contributed by atoms with E-state index in [1.807, 2.05) is 0 Å². The Morgan fingerprint density at radius 3 is 2.58 bits per heavy atom. The van der Waals surface area contributed by atoms with Crippen molar-refractivity contribution in [2.45, 2.75) is 12.1 Å². The Kier molecular flexibility index (Phi) is 8.71. The Labute approximate surface area is 123 Å². The minimum absolute atomic E-state index is 0. The van der Waals surface area contributed by atoms with Crippen LogP contribution in [0.4, 0.5) is 0 Å². The molecule has 1 aromatic rings. The van der Waals surface area contributed by atoms with Crippen molar-refractivity contribution in [2.75, 3.05) is 20.3 Å². The van der Waals surface area contributed by atoms with Crippen molar-refractivity contribution in [3.8, 4) is 0 Å². The van der Waals surface area contributed by atoms with E-state index in [4.69, 9.17) is 22.1 Å². The van der Waals surface area contributed by atoms with E-state index in [9.17, 15) is 9.90 Å². The molecule has 4 N–H and O–H groups in total. The minimum Gasteiger partial charge on any atom is -0.387 e. The van der Waals surface area contributed by atoms with Gasteiger partial charge in [0.2, 0.25) is 5.91 Å². The molecule has 5 nitrogen and oxygen atoms in total. The number of nitrogens with two attached hydrogens (primary N) is 1. The molecule has 0 bridgehead atoms. The molecule has 7 heteroatoms. The number of aliphatic hydroxyl groups excluding tert-OH is 1. The smallest absolute Gasteiger partial charge is 0.239 e. The van der Waals surface area contributed by atoms with Gasteiger partial charge in [-0.3, -0.25) is 4.79 Å². The van der Waals surface area contributed by atoms with Crippen molar-refractivity contribution in [1.29, 1.82) is 0 Å². The molecule has 0 radical (unpaired) electrons. The summed E-state index contributed by atoms with van der Waals surface area (Å²) in [5.41, 5.74) is 6.22. The molecule has 0 heterocycles. The van der Waals surface area contributed by atoms with E-state index >= 15 is 0 Å². The third-order valence-corrected chi connectivity index (χ3v) is 2.66. The summed E-state index contributed by atoms with van der Waals surface area (Å²) in [4.78, 5) is 11.5. The lowest BCUT2D eigenvalue weighted by atomic mass is 10.1. The highest BCUT2D eigenvalue weighted by Crippen LogP contribution is 2.15. The molecular formula is C12H18Cl2N2O3. The number of halogens is 2. The van der Waals surface area contributed by atoms with Crippen LogP contribution in [0.2, 0.25) is 5.02 Å². The van der Waals surface area contributed by atoms with E-state index in [-0.39, 0.29) is 31.5 Å². The largest absolute Gasteiger partial charge is 0.387 e. The molecule has 0 aliphatic heterocycles.